The highest BCUT2D eigenvalue weighted by Crippen LogP contribution is 2.24. The number of nitrogens with two attached hydrogens (primary N) is 1. The smallest absolute Gasteiger partial charge is 0.0479 e. The molecule has 0 aliphatic heterocycles. The van der Waals surface area contributed by atoms with Gasteiger partial charge in [0.2, 0.25) is 0 Å². The van der Waals surface area contributed by atoms with Crippen molar-refractivity contribution in [2.24, 2.45) is 5.73 Å². The molecule has 0 aromatic heterocycles. The first-order valence-corrected chi connectivity index (χ1v) is 6.17. The third-order valence-electron chi connectivity index (χ3n) is 2.52. The minimum absolute atomic E-state index is 0.567. The zero-order valence-corrected chi connectivity index (χ0v) is 11.5. The Morgan fingerprint density at radius 2 is 2.19 bits per heavy atom. The second kappa shape index (κ2) is 6.89. The van der Waals surface area contributed by atoms with Gasteiger partial charge in [-0.3, -0.25) is 0 Å². The van der Waals surface area contributed by atoms with E-state index in [0.29, 0.717) is 6.54 Å². The summed E-state index contributed by atoms with van der Waals surface area (Å²) in [6, 6.07) is 6.19. The van der Waals surface area contributed by atoms with Crippen LogP contribution in [0.3, 0.4) is 0 Å². The minimum Gasteiger partial charge on any atom is -0.385 e. The Morgan fingerprint density at radius 1 is 1.44 bits per heavy atom. The summed E-state index contributed by atoms with van der Waals surface area (Å²) in [6.07, 6.45) is 1.02. The van der Waals surface area contributed by atoms with Gasteiger partial charge in [0.15, 0.2) is 0 Å². The molecule has 0 fully saturated rings. The summed E-state index contributed by atoms with van der Waals surface area (Å²) in [7, 11) is 3.81. The van der Waals surface area contributed by atoms with E-state index in [1.54, 1.807) is 7.11 Å². The van der Waals surface area contributed by atoms with Crippen LogP contribution in [-0.2, 0) is 11.3 Å². The molecule has 3 nitrogen and oxygen atoms in total. The SMILES string of the molecule is COCCCN(C)c1cc(Br)ccc1CN. The lowest BCUT2D eigenvalue weighted by atomic mass is 10.1. The van der Waals surface area contributed by atoms with E-state index in [1.165, 1.54) is 11.3 Å². The van der Waals surface area contributed by atoms with Gasteiger partial charge in [0.1, 0.15) is 0 Å². The fourth-order valence-corrected chi connectivity index (χ4v) is 1.98. The van der Waals surface area contributed by atoms with Gasteiger partial charge in [0.05, 0.1) is 0 Å². The van der Waals surface area contributed by atoms with E-state index in [0.717, 1.165) is 24.0 Å². The quantitative estimate of drug-likeness (QED) is 0.816. The molecule has 1 aromatic carbocycles. The Hall–Kier alpha value is -0.580. The van der Waals surface area contributed by atoms with E-state index in [9.17, 15) is 0 Å². The third-order valence-corrected chi connectivity index (χ3v) is 3.01. The zero-order valence-electron chi connectivity index (χ0n) is 9.87. The van der Waals surface area contributed by atoms with Crippen LogP contribution in [0.4, 0.5) is 5.69 Å². The Morgan fingerprint density at radius 3 is 2.81 bits per heavy atom. The second-order valence-electron chi connectivity index (χ2n) is 3.75. The summed E-state index contributed by atoms with van der Waals surface area (Å²) in [5, 5.41) is 0. The molecule has 0 unspecified atom stereocenters. The molecule has 0 aliphatic rings. The lowest BCUT2D eigenvalue weighted by Crippen LogP contribution is -2.21. The summed E-state index contributed by atoms with van der Waals surface area (Å²) in [5.74, 6) is 0. The lowest BCUT2D eigenvalue weighted by molar-refractivity contribution is 0.196. The van der Waals surface area contributed by atoms with Crippen molar-refractivity contribution in [2.75, 3.05) is 32.2 Å². The van der Waals surface area contributed by atoms with Crippen molar-refractivity contribution in [2.45, 2.75) is 13.0 Å². The van der Waals surface area contributed by atoms with Crippen LogP contribution < -0.4 is 10.6 Å². The summed E-state index contributed by atoms with van der Waals surface area (Å²) in [5.41, 5.74) is 8.08. The Bertz CT molecular complexity index is 331. The predicted molar refractivity (Wildman–Crippen MR) is 71.8 cm³/mol. The highest BCUT2D eigenvalue weighted by Gasteiger charge is 2.06. The molecule has 0 aliphatic carbocycles. The molecule has 0 radical (unpaired) electrons. The molecule has 1 aromatic rings. The van der Waals surface area contributed by atoms with Crippen LogP contribution in [0.25, 0.3) is 0 Å². The minimum atomic E-state index is 0.567. The number of rotatable bonds is 6. The van der Waals surface area contributed by atoms with Crippen LogP contribution in [0.15, 0.2) is 22.7 Å². The van der Waals surface area contributed by atoms with Gasteiger partial charge in [-0.25, -0.2) is 0 Å². The molecule has 0 spiro atoms. The van der Waals surface area contributed by atoms with Gasteiger partial charge in [0.25, 0.3) is 0 Å². The van der Waals surface area contributed by atoms with Gasteiger partial charge in [-0.1, -0.05) is 22.0 Å². The maximum absolute atomic E-state index is 5.73. The number of hydrogen-bond donors (Lipinski definition) is 1. The molecule has 0 saturated heterocycles. The van der Waals surface area contributed by atoms with Gasteiger partial charge in [0, 0.05) is 44.0 Å². The number of ether oxygens (including phenoxy) is 1. The monoisotopic (exact) mass is 286 g/mol. The molecule has 0 atom stereocenters. The largest absolute Gasteiger partial charge is 0.385 e. The Kier molecular flexibility index (Phi) is 5.80. The second-order valence-corrected chi connectivity index (χ2v) is 4.66. The molecule has 0 amide bonds. The van der Waals surface area contributed by atoms with Crippen molar-refractivity contribution in [3.05, 3.63) is 28.2 Å². The molecular formula is C12H19BrN2O. The van der Waals surface area contributed by atoms with E-state index in [2.05, 4.69) is 40.0 Å². The van der Waals surface area contributed by atoms with Crippen molar-refractivity contribution in [1.29, 1.82) is 0 Å². The summed E-state index contributed by atoms with van der Waals surface area (Å²) < 4.78 is 6.13. The maximum atomic E-state index is 5.73. The molecule has 4 heteroatoms. The molecule has 2 N–H and O–H groups in total. The van der Waals surface area contributed by atoms with Crippen LogP contribution in [0, 0.1) is 0 Å². The Labute approximate surface area is 106 Å². The molecule has 1 rings (SSSR count). The van der Waals surface area contributed by atoms with Crippen LogP contribution in [0.5, 0.6) is 0 Å². The van der Waals surface area contributed by atoms with Gasteiger partial charge < -0.3 is 15.4 Å². The first-order valence-electron chi connectivity index (χ1n) is 5.37. The highest BCUT2D eigenvalue weighted by molar-refractivity contribution is 9.10. The number of nitrogens with zero attached hydrogens (tertiary/aromatic N) is 1. The number of methoxy groups -OCH3 is 1. The van der Waals surface area contributed by atoms with Crippen molar-refractivity contribution in [1.82, 2.24) is 0 Å². The standard InChI is InChI=1S/C12H19BrN2O/c1-15(6-3-7-16-2)12-8-11(13)5-4-10(12)9-14/h4-5,8H,3,6-7,9,14H2,1-2H3. The van der Waals surface area contributed by atoms with Crippen molar-refractivity contribution in [3.63, 3.8) is 0 Å². The molecule has 0 bridgehead atoms. The molecule has 0 saturated carbocycles. The maximum Gasteiger partial charge on any atom is 0.0479 e. The van der Waals surface area contributed by atoms with Crippen LogP contribution in [-0.4, -0.2) is 27.3 Å². The first kappa shape index (κ1) is 13.5. The topological polar surface area (TPSA) is 38.5 Å². The molecule has 0 heterocycles. The van der Waals surface area contributed by atoms with E-state index < -0.39 is 0 Å². The number of hydrogen-bond acceptors (Lipinski definition) is 3. The van der Waals surface area contributed by atoms with Crippen molar-refractivity contribution in [3.8, 4) is 0 Å². The molecular weight excluding hydrogens is 268 g/mol. The highest BCUT2D eigenvalue weighted by atomic mass is 79.9. The van der Waals surface area contributed by atoms with Gasteiger partial charge in [-0.2, -0.15) is 0 Å². The van der Waals surface area contributed by atoms with E-state index in [-0.39, 0.29) is 0 Å². The van der Waals surface area contributed by atoms with E-state index in [1.807, 2.05) is 6.07 Å². The fourth-order valence-electron chi connectivity index (χ4n) is 1.63. The van der Waals surface area contributed by atoms with Crippen LogP contribution in [0.1, 0.15) is 12.0 Å². The summed E-state index contributed by atoms with van der Waals surface area (Å²) >= 11 is 3.48. The lowest BCUT2D eigenvalue weighted by Gasteiger charge is -2.22. The number of benzene rings is 1. The average Bonchev–Trinajstić information content (AvgIpc) is 2.29. The Balaban J connectivity index is 2.72. The van der Waals surface area contributed by atoms with E-state index in [4.69, 9.17) is 10.5 Å². The molecule has 16 heavy (non-hydrogen) atoms. The van der Waals surface area contributed by atoms with Crippen LogP contribution >= 0.6 is 15.9 Å². The summed E-state index contributed by atoms with van der Waals surface area (Å²) in [4.78, 5) is 2.21. The number of anilines is 1. The van der Waals surface area contributed by atoms with Crippen molar-refractivity contribution < 1.29 is 4.74 Å². The third kappa shape index (κ3) is 3.77. The summed E-state index contributed by atoms with van der Waals surface area (Å²) in [6.45, 7) is 2.32. The van der Waals surface area contributed by atoms with Gasteiger partial charge in [-0.05, 0) is 24.1 Å². The average molecular weight is 287 g/mol. The first-order chi connectivity index (χ1) is 7.69. The molecule has 90 valence electrons. The van der Waals surface area contributed by atoms with Crippen molar-refractivity contribution >= 4 is 21.6 Å². The predicted octanol–water partition coefficient (Wildman–Crippen LogP) is 2.38. The normalized spacial score (nSPS) is 10.5. The van der Waals surface area contributed by atoms with Gasteiger partial charge in [-0.15, -0.1) is 0 Å². The van der Waals surface area contributed by atoms with Crippen LogP contribution in [0.2, 0.25) is 0 Å². The number of halogens is 1. The van der Waals surface area contributed by atoms with Gasteiger partial charge >= 0.3 is 0 Å². The van der Waals surface area contributed by atoms with E-state index >= 15 is 0 Å². The zero-order chi connectivity index (χ0) is 12.0. The fraction of sp³-hybridized carbons (Fsp3) is 0.500.